The van der Waals surface area contributed by atoms with Gasteiger partial charge in [-0.15, -0.1) is 0 Å². The molecular formula is C24H32N2. The molecule has 2 aromatic rings. The van der Waals surface area contributed by atoms with Crippen molar-refractivity contribution in [2.45, 2.75) is 44.6 Å². The van der Waals surface area contributed by atoms with Crippen molar-refractivity contribution in [3.8, 4) is 0 Å². The molecule has 2 nitrogen and oxygen atoms in total. The Bertz CT molecular complexity index is 696. The summed E-state index contributed by atoms with van der Waals surface area (Å²) >= 11 is 0. The molecule has 2 atom stereocenters. The predicted octanol–water partition coefficient (Wildman–Crippen LogP) is 5.07. The van der Waals surface area contributed by atoms with Crippen molar-refractivity contribution in [1.29, 1.82) is 0 Å². The fourth-order valence-corrected chi connectivity index (χ4v) is 4.79. The summed E-state index contributed by atoms with van der Waals surface area (Å²) in [7, 11) is 0. The van der Waals surface area contributed by atoms with E-state index >= 15 is 0 Å². The summed E-state index contributed by atoms with van der Waals surface area (Å²) in [6, 6.07) is 20.8. The summed E-state index contributed by atoms with van der Waals surface area (Å²) in [4.78, 5) is 5.44. The molecule has 1 saturated heterocycles. The van der Waals surface area contributed by atoms with Crippen LogP contribution in [0, 0.1) is 0 Å². The smallest absolute Gasteiger partial charge is 0.0479 e. The first-order valence-electron chi connectivity index (χ1n) is 10.5. The van der Waals surface area contributed by atoms with Crippen LogP contribution in [0.1, 0.15) is 61.3 Å². The van der Waals surface area contributed by atoms with Crippen LogP contribution in [0.15, 0.2) is 54.6 Å². The maximum Gasteiger partial charge on any atom is 0.0479 e. The normalized spacial score (nSPS) is 23.4. The van der Waals surface area contributed by atoms with Gasteiger partial charge in [0.1, 0.15) is 0 Å². The van der Waals surface area contributed by atoms with E-state index in [0.717, 1.165) is 6.54 Å². The van der Waals surface area contributed by atoms with Crippen molar-refractivity contribution in [3.63, 3.8) is 0 Å². The van der Waals surface area contributed by atoms with Gasteiger partial charge >= 0.3 is 0 Å². The molecule has 2 heteroatoms. The van der Waals surface area contributed by atoms with Crippen LogP contribution in [-0.2, 0) is 0 Å². The van der Waals surface area contributed by atoms with Crippen molar-refractivity contribution in [3.05, 3.63) is 71.3 Å². The lowest BCUT2D eigenvalue weighted by Gasteiger charge is -2.47. The highest BCUT2D eigenvalue weighted by Gasteiger charge is 2.36. The molecule has 2 aliphatic heterocycles. The van der Waals surface area contributed by atoms with Crippen LogP contribution < -0.4 is 0 Å². The molecule has 0 N–H and O–H groups in total. The van der Waals surface area contributed by atoms with Crippen LogP contribution >= 0.6 is 0 Å². The highest BCUT2D eigenvalue weighted by Crippen LogP contribution is 2.40. The molecule has 0 saturated carbocycles. The van der Waals surface area contributed by atoms with Gasteiger partial charge in [-0.25, -0.2) is 0 Å². The number of piperazine rings is 1. The average molecular weight is 349 g/mol. The molecule has 0 spiro atoms. The van der Waals surface area contributed by atoms with Gasteiger partial charge < -0.3 is 4.90 Å². The monoisotopic (exact) mass is 348 g/mol. The first kappa shape index (κ1) is 17.8. The van der Waals surface area contributed by atoms with Gasteiger partial charge in [0, 0.05) is 38.1 Å². The largest absolute Gasteiger partial charge is 0.300 e. The lowest BCUT2D eigenvalue weighted by atomic mass is 9.80. The van der Waals surface area contributed by atoms with Gasteiger partial charge in [0.25, 0.3) is 0 Å². The van der Waals surface area contributed by atoms with Crippen LogP contribution in [0.5, 0.6) is 0 Å². The molecule has 2 aromatic carbocycles. The maximum atomic E-state index is 2.74. The summed E-state index contributed by atoms with van der Waals surface area (Å²) < 4.78 is 0. The molecule has 2 aliphatic rings. The van der Waals surface area contributed by atoms with Crippen LogP contribution in [0.3, 0.4) is 0 Å². The van der Waals surface area contributed by atoms with E-state index in [9.17, 15) is 0 Å². The third-order valence-electron chi connectivity index (χ3n) is 6.25. The highest BCUT2D eigenvalue weighted by molar-refractivity contribution is 5.42. The van der Waals surface area contributed by atoms with Crippen LogP contribution in [0.4, 0.5) is 0 Å². The van der Waals surface area contributed by atoms with Crippen LogP contribution in [-0.4, -0.2) is 42.5 Å². The molecule has 0 aliphatic carbocycles. The first-order valence-corrected chi connectivity index (χ1v) is 10.5. The van der Waals surface area contributed by atoms with Gasteiger partial charge in [0.15, 0.2) is 0 Å². The van der Waals surface area contributed by atoms with E-state index in [1.165, 1.54) is 57.4 Å². The van der Waals surface area contributed by atoms with E-state index in [1.54, 1.807) is 11.1 Å². The lowest BCUT2D eigenvalue weighted by molar-refractivity contribution is 0.0617. The zero-order valence-corrected chi connectivity index (χ0v) is 16.1. The molecular weight excluding hydrogens is 316 g/mol. The zero-order chi connectivity index (χ0) is 17.8. The molecule has 0 aromatic heterocycles. The Kier molecular flexibility index (Phi) is 5.72. The zero-order valence-electron chi connectivity index (χ0n) is 16.1. The van der Waals surface area contributed by atoms with Crippen LogP contribution in [0.25, 0.3) is 0 Å². The molecule has 1 fully saturated rings. The first-order chi connectivity index (χ1) is 12.9. The molecule has 2 heterocycles. The molecule has 0 bridgehead atoms. The standard InChI is InChI=1S/C24H32N2/c1-2-3-4-10-15-25-16-17-26-18-23(20-11-6-5-7-12-20)21-13-8-9-14-22(21)24(26)19-25/h5-9,11-14,23-24H,2-4,10,15-19H2,1H3/t23-,24-/m0/s1. The Balaban J connectivity index is 1.53. The molecule has 26 heavy (non-hydrogen) atoms. The van der Waals surface area contributed by atoms with E-state index in [0.29, 0.717) is 12.0 Å². The van der Waals surface area contributed by atoms with Gasteiger partial charge in [-0.2, -0.15) is 0 Å². The minimum absolute atomic E-state index is 0.514. The minimum atomic E-state index is 0.514. The quantitative estimate of drug-likeness (QED) is 0.672. The third kappa shape index (κ3) is 3.72. The summed E-state index contributed by atoms with van der Waals surface area (Å²) in [6.45, 7) is 8.36. The Hall–Kier alpha value is -1.64. The van der Waals surface area contributed by atoms with E-state index in [1.807, 2.05) is 0 Å². The fraction of sp³-hybridized carbons (Fsp3) is 0.500. The SMILES string of the molecule is CCCCCCN1CCN2C[C@@H](c3ccccc3)c3ccccc3[C@@H]2C1. The number of hydrogen-bond acceptors (Lipinski definition) is 2. The highest BCUT2D eigenvalue weighted by atomic mass is 15.3. The second kappa shape index (κ2) is 8.37. The molecule has 0 radical (unpaired) electrons. The number of benzene rings is 2. The van der Waals surface area contributed by atoms with E-state index in [4.69, 9.17) is 0 Å². The van der Waals surface area contributed by atoms with Gasteiger partial charge in [0.05, 0.1) is 0 Å². The van der Waals surface area contributed by atoms with Gasteiger partial charge in [0.2, 0.25) is 0 Å². The molecule has 4 rings (SSSR count). The van der Waals surface area contributed by atoms with Crippen molar-refractivity contribution < 1.29 is 0 Å². The maximum absolute atomic E-state index is 2.74. The van der Waals surface area contributed by atoms with Gasteiger partial charge in [-0.1, -0.05) is 80.8 Å². The van der Waals surface area contributed by atoms with E-state index in [2.05, 4.69) is 71.3 Å². The Morgan fingerprint density at radius 1 is 0.808 bits per heavy atom. The Morgan fingerprint density at radius 2 is 1.58 bits per heavy atom. The average Bonchev–Trinajstić information content (AvgIpc) is 2.71. The summed E-state index contributed by atoms with van der Waals surface area (Å²) in [5.74, 6) is 0.514. The minimum Gasteiger partial charge on any atom is -0.300 e. The number of rotatable bonds is 6. The molecule has 138 valence electrons. The lowest BCUT2D eigenvalue weighted by Crippen LogP contribution is -2.51. The van der Waals surface area contributed by atoms with Gasteiger partial charge in [-0.3, -0.25) is 4.90 Å². The number of hydrogen-bond donors (Lipinski definition) is 0. The third-order valence-corrected chi connectivity index (χ3v) is 6.25. The van der Waals surface area contributed by atoms with Crippen molar-refractivity contribution in [2.75, 3.05) is 32.7 Å². The van der Waals surface area contributed by atoms with Gasteiger partial charge in [-0.05, 0) is 29.7 Å². The van der Waals surface area contributed by atoms with Crippen molar-refractivity contribution in [1.82, 2.24) is 9.80 Å². The van der Waals surface area contributed by atoms with Crippen molar-refractivity contribution >= 4 is 0 Å². The number of nitrogens with zero attached hydrogens (tertiary/aromatic N) is 2. The summed E-state index contributed by atoms with van der Waals surface area (Å²) in [6.07, 6.45) is 5.44. The van der Waals surface area contributed by atoms with Crippen LogP contribution in [0.2, 0.25) is 0 Å². The summed E-state index contributed by atoms with van der Waals surface area (Å²) in [5.41, 5.74) is 4.57. The Labute approximate surface area is 158 Å². The predicted molar refractivity (Wildman–Crippen MR) is 110 cm³/mol. The second-order valence-electron chi connectivity index (χ2n) is 7.96. The van der Waals surface area contributed by atoms with E-state index < -0.39 is 0 Å². The van der Waals surface area contributed by atoms with E-state index in [-0.39, 0.29) is 0 Å². The van der Waals surface area contributed by atoms with Crippen molar-refractivity contribution in [2.24, 2.45) is 0 Å². The number of unbranched alkanes of at least 4 members (excludes halogenated alkanes) is 3. The molecule has 0 unspecified atom stereocenters. The summed E-state index contributed by atoms with van der Waals surface area (Å²) in [5, 5.41) is 0. The number of fused-ring (bicyclic) bond motifs is 3. The fourth-order valence-electron chi connectivity index (χ4n) is 4.79. The Morgan fingerprint density at radius 3 is 2.38 bits per heavy atom. The topological polar surface area (TPSA) is 6.48 Å². The molecule has 0 amide bonds. The second-order valence-corrected chi connectivity index (χ2v) is 7.96.